The smallest absolute Gasteiger partial charge is 0.310 e. The molecule has 1 aliphatic rings. The van der Waals surface area contributed by atoms with E-state index in [1.54, 1.807) is 0 Å². The SMILES string of the molecule is C=CCCCCCCCCCc1cc(CCCCCCCCCC=C)c(COC(=O)CC2=CC(=O)NC2=O)c(CCCCCCCCCC=C)c1. The molecule has 0 radical (unpaired) electrons. The average molecular weight is 702 g/mol. The van der Waals surface area contributed by atoms with E-state index in [2.05, 4.69) is 37.2 Å². The minimum Gasteiger partial charge on any atom is -0.461 e. The second-order valence-corrected chi connectivity index (χ2v) is 14.6. The fourth-order valence-corrected chi connectivity index (χ4v) is 7.07. The van der Waals surface area contributed by atoms with Gasteiger partial charge in [0.15, 0.2) is 0 Å². The maximum absolute atomic E-state index is 12.9. The average Bonchev–Trinajstić information content (AvgIpc) is 3.44. The molecule has 0 atom stereocenters. The summed E-state index contributed by atoms with van der Waals surface area (Å²) in [6.07, 6.45) is 39.8. The quantitative estimate of drug-likeness (QED) is 0.0336. The van der Waals surface area contributed by atoms with E-state index in [1.165, 1.54) is 145 Å². The van der Waals surface area contributed by atoms with Crippen molar-refractivity contribution in [2.45, 2.75) is 186 Å². The molecule has 1 aromatic rings. The Bertz CT molecular complexity index is 1160. The van der Waals surface area contributed by atoms with Crippen molar-refractivity contribution in [3.63, 3.8) is 0 Å². The first-order chi connectivity index (χ1) is 25.0. The molecule has 1 heterocycles. The van der Waals surface area contributed by atoms with Crippen molar-refractivity contribution in [3.8, 4) is 0 Å². The Balaban J connectivity index is 2.09. The van der Waals surface area contributed by atoms with Crippen LogP contribution in [0.4, 0.5) is 0 Å². The summed E-state index contributed by atoms with van der Waals surface area (Å²) in [5.74, 6) is -1.44. The summed E-state index contributed by atoms with van der Waals surface area (Å²) < 4.78 is 5.85. The van der Waals surface area contributed by atoms with Crippen LogP contribution in [0.15, 0.2) is 61.7 Å². The first-order valence-corrected chi connectivity index (χ1v) is 20.7. The molecule has 0 bridgehead atoms. The van der Waals surface area contributed by atoms with Crippen LogP contribution in [0, 0.1) is 0 Å². The van der Waals surface area contributed by atoms with Gasteiger partial charge in [0.05, 0.1) is 6.42 Å². The molecule has 0 spiro atoms. The highest BCUT2D eigenvalue weighted by molar-refractivity contribution is 6.17. The third-order valence-corrected chi connectivity index (χ3v) is 10.1. The maximum Gasteiger partial charge on any atom is 0.310 e. The van der Waals surface area contributed by atoms with Gasteiger partial charge in [-0.3, -0.25) is 19.7 Å². The lowest BCUT2D eigenvalue weighted by molar-refractivity contribution is -0.144. The number of carbonyl (C=O) groups is 3. The number of imide groups is 1. The summed E-state index contributed by atoms with van der Waals surface area (Å²) in [4.78, 5) is 36.5. The Kier molecular flexibility index (Phi) is 25.3. The number of allylic oxidation sites excluding steroid dienone is 3. The standard InChI is InChI=1S/C46H71NO4/c1-4-7-10-13-16-19-22-25-28-31-39-34-40(32-29-26-23-20-17-14-11-8-5-2)43(38-51-45(49)37-42-36-44(48)47-46(42)50)41(35-39)33-30-27-24-21-18-15-12-9-6-3/h4-6,34-36H,1-3,7-33,37-38H2,(H,47,48,50). The number of hydrogen-bond donors (Lipinski definition) is 1. The molecule has 51 heavy (non-hydrogen) atoms. The molecule has 2 amide bonds. The second kappa shape index (κ2) is 29.4. The van der Waals surface area contributed by atoms with Crippen LogP contribution in [0.1, 0.15) is 183 Å². The number of hydrogen-bond acceptors (Lipinski definition) is 4. The predicted octanol–water partition coefficient (Wildman–Crippen LogP) is 12.3. The van der Waals surface area contributed by atoms with Crippen molar-refractivity contribution >= 4 is 17.8 Å². The highest BCUT2D eigenvalue weighted by Gasteiger charge is 2.24. The van der Waals surface area contributed by atoms with E-state index in [9.17, 15) is 14.4 Å². The molecule has 5 nitrogen and oxygen atoms in total. The van der Waals surface area contributed by atoms with Crippen LogP contribution in [-0.4, -0.2) is 17.8 Å². The molecule has 0 fully saturated rings. The van der Waals surface area contributed by atoms with Gasteiger partial charge in [0.2, 0.25) is 0 Å². The second-order valence-electron chi connectivity index (χ2n) is 14.6. The predicted molar refractivity (Wildman–Crippen MR) is 215 cm³/mol. The number of ether oxygens (including phenoxy) is 1. The molecule has 1 aromatic carbocycles. The van der Waals surface area contributed by atoms with Crippen LogP contribution in [0.3, 0.4) is 0 Å². The van der Waals surface area contributed by atoms with E-state index < -0.39 is 17.8 Å². The van der Waals surface area contributed by atoms with Crippen LogP contribution in [0.2, 0.25) is 0 Å². The maximum atomic E-state index is 12.9. The van der Waals surface area contributed by atoms with Crippen LogP contribution in [0.5, 0.6) is 0 Å². The van der Waals surface area contributed by atoms with Crippen molar-refractivity contribution in [2.24, 2.45) is 0 Å². The molecule has 0 saturated carbocycles. The lowest BCUT2D eigenvalue weighted by Crippen LogP contribution is -2.23. The first-order valence-electron chi connectivity index (χ1n) is 20.7. The van der Waals surface area contributed by atoms with Crippen molar-refractivity contribution in [1.82, 2.24) is 5.32 Å². The van der Waals surface area contributed by atoms with Gasteiger partial charge < -0.3 is 4.74 Å². The Hall–Kier alpha value is -3.21. The fraction of sp³-hybridized carbons (Fsp3) is 0.630. The van der Waals surface area contributed by atoms with Crippen LogP contribution >= 0.6 is 0 Å². The van der Waals surface area contributed by atoms with E-state index in [0.717, 1.165) is 56.9 Å². The molecule has 0 aliphatic carbocycles. The number of rotatable bonds is 34. The molecule has 0 unspecified atom stereocenters. The summed E-state index contributed by atoms with van der Waals surface area (Å²) in [5, 5.41) is 2.22. The van der Waals surface area contributed by atoms with Gasteiger partial charge in [-0.2, -0.15) is 0 Å². The van der Waals surface area contributed by atoms with Crippen molar-refractivity contribution < 1.29 is 19.1 Å². The minimum atomic E-state index is -0.503. The lowest BCUT2D eigenvalue weighted by Gasteiger charge is -2.18. The van der Waals surface area contributed by atoms with E-state index in [1.807, 2.05) is 18.2 Å². The largest absolute Gasteiger partial charge is 0.461 e. The van der Waals surface area contributed by atoms with E-state index in [4.69, 9.17) is 4.74 Å². The van der Waals surface area contributed by atoms with Crippen LogP contribution in [-0.2, 0) is 45.0 Å². The molecule has 1 N–H and O–H groups in total. The fourth-order valence-electron chi connectivity index (χ4n) is 7.07. The number of aryl methyl sites for hydroxylation is 3. The molecular formula is C46H71NO4. The van der Waals surface area contributed by atoms with E-state index in [0.29, 0.717) is 0 Å². The molecule has 1 aliphatic heterocycles. The summed E-state index contributed by atoms with van der Waals surface area (Å²) in [6, 6.07) is 4.79. The number of nitrogens with one attached hydrogen (secondary N) is 1. The Labute approximate surface area is 311 Å². The number of esters is 1. The Morgan fingerprint density at radius 1 is 0.569 bits per heavy atom. The van der Waals surface area contributed by atoms with Gasteiger partial charge in [-0.05, 0) is 99.3 Å². The molecule has 0 saturated heterocycles. The number of benzene rings is 1. The van der Waals surface area contributed by atoms with Gasteiger partial charge in [-0.15, -0.1) is 19.7 Å². The molecule has 0 aromatic heterocycles. The highest BCUT2D eigenvalue weighted by atomic mass is 16.5. The summed E-state index contributed by atoms with van der Waals surface area (Å²) >= 11 is 0. The third-order valence-electron chi connectivity index (χ3n) is 10.1. The van der Waals surface area contributed by atoms with Crippen LogP contribution < -0.4 is 5.32 Å². The minimum absolute atomic E-state index is 0.173. The normalized spacial score (nSPS) is 12.5. The van der Waals surface area contributed by atoms with Crippen molar-refractivity contribution in [1.29, 1.82) is 0 Å². The van der Waals surface area contributed by atoms with Gasteiger partial charge in [0.25, 0.3) is 11.8 Å². The van der Waals surface area contributed by atoms with E-state index >= 15 is 0 Å². The molecule has 2 rings (SSSR count). The Morgan fingerprint density at radius 3 is 1.35 bits per heavy atom. The van der Waals surface area contributed by atoms with E-state index in [-0.39, 0.29) is 18.6 Å². The Morgan fingerprint density at radius 2 is 0.961 bits per heavy atom. The lowest BCUT2D eigenvalue weighted by atomic mass is 9.90. The molecule has 284 valence electrons. The van der Waals surface area contributed by atoms with Crippen molar-refractivity contribution in [3.05, 3.63) is 84.0 Å². The van der Waals surface area contributed by atoms with Gasteiger partial charge >= 0.3 is 5.97 Å². The third kappa shape index (κ3) is 21.0. The first kappa shape index (κ1) is 44.0. The summed E-state index contributed by atoms with van der Waals surface area (Å²) in [6.45, 7) is 11.7. The van der Waals surface area contributed by atoms with Gasteiger partial charge in [0.1, 0.15) is 6.61 Å². The number of unbranched alkanes of at least 4 members (excludes halogenated alkanes) is 21. The zero-order valence-corrected chi connectivity index (χ0v) is 32.2. The molecule has 5 heteroatoms. The van der Waals surface area contributed by atoms with Gasteiger partial charge in [-0.1, -0.05) is 127 Å². The monoisotopic (exact) mass is 702 g/mol. The van der Waals surface area contributed by atoms with Gasteiger partial charge in [0, 0.05) is 11.6 Å². The summed E-state index contributed by atoms with van der Waals surface area (Å²) in [5.41, 5.74) is 5.38. The zero-order chi connectivity index (χ0) is 36.8. The van der Waals surface area contributed by atoms with Gasteiger partial charge in [-0.25, -0.2) is 0 Å². The van der Waals surface area contributed by atoms with Crippen LogP contribution in [0.25, 0.3) is 0 Å². The number of carbonyl (C=O) groups excluding carboxylic acids is 3. The summed E-state index contributed by atoms with van der Waals surface area (Å²) in [7, 11) is 0. The zero-order valence-electron chi connectivity index (χ0n) is 32.2. The molecular weight excluding hydrogens is 631 g/mol. The number of amides is 2. The topological polar surface area (TPSA) is 72.5 Å². The highest BCUT2D eigenvalue weighted by Crippen LogP contribution is 2.26. The van der Waals surface area contributed by atoms with Crippen molar-refractivity contribution in [2.75, 3.05) is 0 Å².